The van der Waals surface area contributed by atoms with Crippen LogP contribution in [0, 0.1) is 0 Å². The Morgan fingerprint density at radius 2 is 1.89 bits per heavy atom. The molecule has 0 aromatic heterocycles. The highest BCUT2D eigenvalue weighted by molar-refractivity contribution is 5.83. The van der Waals surface area contributed by atoms with Gasteiger partial charge in [0.1, 0.15) is 11.5 Å². The molecule has 4 heterocycles. The molecule has 4 aliphatic rings. The number of allylic oxidation sites excluding steroid dienone is 1. The maximum atomic E-state index is 13.8. The van der Waals surface area contributed by atoms with E-state index in [0.717, 1.165) is 66.5 Å². The molecule has 8 heteroatoms. The van der Waals surface area contributed by atoms with Crippen molar-refractivity contribution >= 4 is 11.7 Å². The molecule has 1 atom stereocenters. The van der Waals surface area contributed by atoms with Crippen LogP contribution < -0.4 is 9.47 Å². The van der Waals surface area contributed by atoms with Gasteiger partial charge in [0.25, 0.3) is 0 Å². The maximum absolute atomic E-state index is 13.8. The average molecular weight is 502 g/mol. The zero-order chi connectivity index (χ0) is 25.7. The molecule has 1 spiro atoms. The predicted molar refractivity (Wildman–Crippen MR) is 141 cm³/mol. The van der Waals surface area contributed by atoms with Crippen LogP contribution in [0.3, 0.4) is 0 Å². The molecule has 0 aliphatic carbocycles. The van der Waals surface area contributed by atoms with E-state index in [-0.39, 0.29) is 17.5 Å². The van der Waals surface area contributed by atoms with Crippen molar-refractivity contribution < 1.29 is 14.3 Å². The molecule has 6 rings (SSSR count). The number of hydrogen-bond donors (Lipinski definition) is 0. The minimum absolute atomic E-state index is 0.107. The molecule has 2 aromatic rings. The fourth-order valence-corrected chi connectivity index (χ4v) is 6.75. The van der Waals surface area contributed by atoms with Crippen LogP contribution in [-0.2, 0) is 19.6 Å². The number of benzene rings is 2. The summed E-state index contributed by atoms with van der Waals surface area (Å²) in [6, 6.07) is 10.6. The van der Waals surface area contributed by atoms with Gasteiger partial charge in [-0.05, 0) is 43.0 Å². The Morgan fingerprint density at radius 1 is 1.08 bits per heavy atom. The number of piperidine rings is 1. The van der Waals surface area contributed by atoms with Gasteiger partial charge in [-0.2, -0.15) is 10.2 Å². The van der Waals surface area contributed by atoms with Crippen LogP contribution in [0.5, 0.6) is 11.5 Å². The quantitative estimate of drug-likeness (QED) is 0.535. The van der Waals surface area contributed by atoms with Gasteiger partial charge in [-0.1, -0.05) is 25.1 Å². The number of ether oxygens (including phenoxy) is 2. The summed E-state index contributed by atoms with van der Waals surface area (Å²) in [6.07, 6.45) is 4.17. The first-order valence-electron chi connectivity index (χ1n) is 13.2. The second-order valence-electron chi connectivity index (χ2n) is 10.5. The van der Waals surface area contributed by atoms with E-state index in [1.807, 2.05) is 11.0 Å². The summed E-state index contributed by atoms with van der Waals surface area (Å²) in [7, 11) is 3.37. The summed E-state index contributed by atoms with van der Waals surface area (Å²) >= 11 is 0. The number of fused-ring (bicyclic) bond motifs is 4. The van der Waals surface area contributed by atoms with Crippen molar-refractivity contribution in [3.05, 3.63) is 64.4 Å². The van der Waals surface area contributed by atoms with Gasteiger partial charge in [-0.15, -0.1) is 0 Å². The van der Waals surface area contributed by atoms with Gasteiger partial charge in [0.2, 0.25) is 0 Å². The summed E-state index contributed by atoms with van der Waals surface area (Å²) in [4.78, 5) is 20.5. The Labute approximate surface area is 218 Å². The highest BCUT2D eigenvalue weighted by Gasteiger charge is 2.54. The van der Waals surface area contributed by atoms with E-state index in [0.29, 0.717) is 19.6 Å². The maximum Gasteiger partial charge on any atom is 0.325 e. The number of nitrogens with zero attached hydrogens (tertiary/aromatic N) is 5. The molecule has 0 radical (unpaired) electrons. The van der Waals surface area contributed by atoms with E-state index < -0.39 is 0 Å². The van der Waals surface area contributed by atoms with Gasteiger partial charge >= 0.3 is 6.03 Å². The third-order valence-electron chi connectivity index (χ3n) is 8.56. The van der Waals surface area contributed by atoms with Gasteiger partial charge in [0.05, 0.1) is 38.5 Å². The van der Waals surface area contributed by atoms with Gasteiger partial charge in [0.15, 0.2) is 0 Å². The van der Waals surface area contributed by atoms with Crippen molar-refractivity contribution in [2.75, 3.05) is 33.9 Å². The SMILES string of the molecule is CCN1C(=O)N2Cc3cc(OC)cc(OC)c3[C@@H](C)C=C2C12CCN(Cc1ccc3c(c1)CN=N3)CC2. The standard InChI is InChI=1S/C29H35N5O3/c1-5-34-28(35)33-18-22-14-23(36-3)15-25(37-4)27(22)19(2)12-26(33)29(34)8-10-32(11-9-29)17-20-6-7-24-21(13-20)16-30-31-24/h6-7,12-15,19H,5,8-11,16-18H2,1-4H3/t19-/m0/s1. The first kappa shape index (κ1) is 24.0. The lowest BCUT2D eigenvalue weighted by Crippen LogP contribution is -2.53. The van der Waals surface area contributed by atoms with Crippen molar-refractivity contribution in [1.29, 1.82) is 0 Å². The number of amides is 2. The number of carbonyl (C=O) groups is 1. The summed E-state index contributed by atoms with van der Waals surface area (Å²) in [5, 5.41) is 8.34. The normalized spacial score (nSPS) is 22.0. The monoisotopic (exact) mass is 501 g/mol. The third kappa shape index (κ3) is 3.81. The van der Waals surface area contributed by atoms with E-state index in [1.165, 1.54) is 11.1 Å². The predicted octanol–water partition coefficient (Wildman–Crippen LogP) is 5.59. The van der Waals surface area contributed by atoms with Crippen molar-refractivity contribution in [2.45, 2.75) is 57.8 Å². The van der Waals surface area contributed by atoms with E-state index in [9.17, 15) is 4.79 Å². The number of azo groups is 1. The van der Waals surface area contributed by atoms with Crippen molar-refractivity contribution in [2.24, 2.45) is 10.2 Å². The van der Waals surface area contributed by atoms with Crippen molar-refractivity contribution in [3.8, 4) is 11.5 Å². The molecular formula is C29H35N5O3. The summed E-state index contributed by atoms with van der Waals surface area (Å²) in [6.45, 7) is 9.02. The van der Waals surface area contributed by atoms with Gasteiger partial charge in [-0.25, -0.2) is 4.79 Å². The third-order valence-corrected chi connectivity index (χ3v) is 8.56. The molecule has 2 amide bonds. The van der Waals surface area contributed by atoms with Crippen LogP contribution >= 0.6 is 0 Å². The van der Waals surface area contributed by atoms with Gasteiger partial charge < -0.3 is 14.4 Å². The zero-order valence-electron chi connectivity index (χ0n) is 22.2. The number of likely N-dealkylation sites (tertiary alicyclic amines) is 1. The largest absolute Gasteiger partial charge is 0.497 e. The number of urea groups is 1. The number of methoxy groups -OCH3 is 2. The average Bonchev–Trinajstić information content (AvgIpc) is 3.41. The number of carbonyl (C=O) groups excluding carboxylic acids is 1. The molecule has 2 fully saturated rings. The fourth-order valence-electron chi connectivity index (χ4n) is 6.75. The molecule has 37 heavy (non-hydrogen) atoms. The number of hydrogen-bond acceptors (Lipinski definition) is 6. The van der Waals surface area contributed by atoms with Gasteiger partial charge in [0, 0.05) is 55.0 Å². The van der Waals surface area contributed by atoms with Gasteiger partial charge in [-0.3, -0.25) is 9.80 Å². The molecule has 8 nitrogen and oxygen atoms in total. The first-order chi connectivity index (χ1) is 18.0. The smallest absolute Gasteiger partial charge is 0.325 e. The molecule has 0 N–H and O–H groups in total. The Hall–Kier alpha value is -3.39. The minimum atomic E-state index is -0.272. The molecular weight excluding hydrogens is 466 g/mol. The molecule has 0 bridgehead atoms. The van der Waals surface area contributed by atoms with Crippen LogP contribution in [0.25, 0.3) is 0 Å². The molecule has 2 saturated heterocycles. The van der Waals surface area contributed by atoms with Crippen molar-refractivity contribution in [3.63, 3.8) is 0 Å². The highest BCUT2D eigenvalue weighted by atomic mass is 16.5. The number of likely N-dealkylation sites (N-methyl/N-ethyl adjacent to an activating group) is 1. The van der Waals surface area contributed by atoms with Crippen LogP contribution in [0.2, 0.25) is 0 Å². The first-order valence-corrected chi connectivity index (χ1v) is 13.2. The summed E-state index contributed by atoms with van der Waals surface area (Å²) < 4.78 is 11.3. The molecule has 2 aromatic carbocycles. The van der Waals surface area contributed by atoms with E-state index in [1.54, 1.807) is 14.2 Å². The zero-order valence-corrected chi connectivity index (χ0v) is 22.2. The Kier molecular flexibility index (Phi) is 5.94. The van der Waals surface area contributed by atoms with Crippen LogP contribution in [0.1, 0.15) is 54.9 Å². The summed E-state index contributed by atoms with van der Waals surface area (Å²) in [5.41, 5.74) is 6.62. The number of rotatable bonds is 5. The lowest BCUT2D eigenvalue weighted by atomic mass is 9.82. The fraction of sp³-hybridized carbons (Fsp3) is 0.483. The second-order valence-corrected chi connectivity index (χ2v) is 10.5. The molecule has 194 valence electrons. The van der Waals surface area contributed by atoms with Crippen LogP contribution in [0.4, 0.5) is 10.5 Å². The van der Waals surface area contributed by atoms with Crippen LogP contribution in [0.15, 0.2) is 52.3 Å². The summed E-state index contributed by atoms with van der Waals surface area (Å²) in [5.74, 6) is 1.69. The Bertz CT molecular complexity index is 1290. The lowest BCUT2D eigenvalue weighted by molar-refractivity contribution is 0.0888. The Morgan fingerprint density at radius 3 is 2.62 bits per heavy atom. The second kappa shape index (κ2) is 9.17. The van der Waals surface area contributed by atoms with Crippen molar-refractivity contribution in [1.82, 2.24) is 14.7 Å². The van der Waals surface area contributed by atoms with E-state index in [2.05, 4.69) is 64.2 Å². The van der Waals surface area contributed by atoms with E-state index >= 15 is 0 Å². The van der Waals surface area contributed by atoms with Crippen LogP contribution in [-0.4, -0.2) is 60.1 Å². The molecule has 4 aliphatic heterocycles. The lowest BCUT2D eigenvalue weighted by Gasteiger charge is -2.44. The minimum Gasteiger partial charge on any atom is -0.497 e. The van der Waals surface area contributed by atoms with E-state index in [4.69, 9.17) is 9.47 Å². The Balaban J connectivity index is 1.28. The molecule has 0 unspecified atom stereocenters. The molecule has 0 saturated carbocycles. The highest BCUT2D eigenvalue weighted by Crippen LogP contribution is 2.49. The topological polar surface area (TPSA) is 70.0 Å².